The topological polar surface area (TPSA) is 91.6 Å². The second-order valence-corrected chi connectivity index (χ2v) is 6.24. The van der Waals surface area contributed by atoms with Gasteiger partial charge in [0.15, 0.2) is 11.5 Å². The van der Waals surface area contributed by atoms with Gasteiger partial charge < -0.3 is 25.6 Å². The molecule has 0 unspecified atom stereocenters. The molecule has 0 aliphatic carbocycles. The van der Waals surface area contributed by atoms with Gasteiger partial charge in [0.1, 0.15) is 0 Å². The number of aliphatic hydroxyl groups excluding tert-OH is 1. The molecule has 0 aliphatic heterocycles. The quantitative estimate of drug-likeness (QED) is 0.554. The second-order valence-electron chi connectivity index (χ2n) is 6.24. The largest absolute Gasteiger partial charge is 0.504 e. The van der Waals surface area contributed by atoms with E-state index in [4.69, 9.17) is 5.73 Å². The summed E-state index contributed by atoms with van der Waals surface area (Å²) in [4.78, 5) is 0. The zero-order valence-corrected chi connectivity index (χ0v) is 13.8. The van der Waals surface area contributed by atoms with E-state index in [2.05, 4.69) is 0 Å². The van der Waals surface area contributed by atoms with Crippen molar-refractivity contribution in [2.75, 3.05) is 6.54 Å². The van der Waals surface area contributed by atoms with Gasteiger partial charge in [-0.3, -0.25) is 0 Å². The Morgan fingerprint density at radius 1 is 1.08 bits per heavy atom. The lowest BCUT2D eigenvalue weighted by Crippen LogP contribution is -2.17. The van der Waals surface area contributed by atoms with Gasteiger partial charge in [-0.15, -0.1) is 0 Å². The van der Waals surface area contributed by atoms with Crippen molar-refractivity contribution in [1.29, 1.82) is 0 Å². The van der Waals surface area contributed by atoms with E-state index in [0.29, 0.717) is 16.8 Å². The van der Waals surface area contributed by atoms with Crippen molar-refractivity contribution in [3.8, 4) is 17.2 Å². The van der Waals surface area contributed by atoms with Crippen molar-refractivity contribution in [1.82, 2.24) is 4.57 Å². The van der Waals surface area contributed by atoms with Crippen LogP contribution < -0.4 is 5.73 Å². The van der Waals surface area contributed by atoms with E-state index in [1.54, 1.807) is 0 Å². The number of aromatic nitrogens is 1. The monoisotopic (exact) mass is 326 g/mol. The number of rotatable bonds is 4. The highest BCUT2D eigenvalue weighted by molar-refractivity contribution is 5.82. The van der Waals surface area contributed by atoms with Gasteiger partial charge in [-0.05, 0) is 23.4 Å². The molecule has 0 spiro atoms. The van der Waals surface area contributed by atoms with Crippen molar-refractivity contribution in [3.05, 3.63) is 53.7 Å². The van der Waals surface area contributed by atoms with E-state index < -0.39 is 6.10 Å². The van der Waals surface area contributed by atoms with Crippen LogP contribution in [0.2, 0.25) is 0 Å². The number of hydrogen-bond donors (Lipinski definition) is 4. The van der Waals surface area contributed by atoms with Crippen molar-refractivity contribution < 1.29 is 15.3 Å². The van der Waals surface area contributed by atoms with Gasteiger partial charge in [-0.25, -0.2) is 0 Å². The Labute approximate surface area is 140 Å². The van der Waals surface area contributed by atoms with E-state index in [1.807, 2.05) is 54.9 Å². The molecule has 0 amide bonds. The first kappa shape index (κ1) is 16.4. The number of aromatic hydroxyl groups is 2. The minimum absolute atomic E-state index is 0.0239. The molecular weight excluding hydrogens is 304 g/mol. The highest BCUT2D eigenvalue weighted by Gasteiger charge is 2.25. The standard InChI is InChI=1S/C19H22N2O3/c1-11(2)17-18(16(23)10-20)14(9-15(22)19(17)24)21-8-7-12-5-3-4-6-13(12)21/h3-9,11,16,22-24H,10,20H2,1-2H3/t16-/m0/s1. The third kappa shape index (κ3) is 2.52. The van der Waals surface area contributed by atoms with Gasteiger partial charge in [0, 0.05) is 29.9 Å². The molecule has 0 fully saturated rings. The Balaban J connectivity index is 2.39. The summed E-state index contributed by atoms with van der Waals surface area (Å²) in [5.41, 5.74) is 8.32. The molecule has 1 aromatic heterocycles. The smallest absolute Gasteiger partial charge is 0.161 e. The summed E-state index contributed by atoms with van der Waals surface area (Å²) < 4.78 is 1.90. The molecule has 3 rings (SSSR count). The summed E-state index contributed by atoms with van der Waals surface area (Å²) >= 11 is 0. The van der Waals surface area contributed by atoms with Crippen LogP contribution in [0.25, 0.3) is 16.6 Å². The fourth-order valence-electron chi connectivity index (χ4n) is 3.22. The fourth-order valence-corrected chi connectivity index (χ4v) is 3.22. The maximum Gasteiger partial charge on any atom is 0.161 e. The molecule has 1 atom stereocenters. The first-order chi connectivity index (χ1) is 11.5. The number of phenolic OH excluding ortho intramolecular Hbond substituents is 2. The number of benzene rings is 2. The fraction of sp³-hybridized carbons (Fsp3) is 0.263. The predicted octanol–water partition coefficient (Wildman–Crippen LogP) is 3.16. The van der Waals surface area contributed by atoms with Crippen LogP contribution in [0.1, 0.15) is 37.0 Å². The van der Waals surface area contributed by atoms with Gasteiger partial charge in [0.25, 0.3) is 0 Å². The Morgan fingerprint density at radius 2 is 1.79 bits per heavy atom. The number of para-hydroxylation sites is 1. The van der Waals surface area contributed by atoms with Gasteiger partial charge in [-0.1, -0.05) is 32.0 Å². The van der Waals surface area contributed by atoms with Crippen LogP contribution in [-0.2, 0) is 0 Å². The first-order valence-corrected chi connectivity index (χ1v) is 7.99. The molecule has 5 nitrogen and oxygen atoms in total. The van der Waals surface area contributed by atoms with Crippen molar-refractivity contribution in [2.45, 2.75) is 25.9 Å². The summed E-state index contributed by atoms with van der Waals surface area (Å²) in [6.07, 6.45) is 0.943. The molecule has 0 bridgehead atoms. The molecule has 1 heterocycles. The summed E-state index contributed by atoms with van der Waals surface area (Å²) in [6.45, 7) is 3.83. The Morgan fingerprint density at radius 3 is 2.46 bits per heavy atom. The Hall–Kier alpha value is -2.50. The molecule has 0 radical (unpaired) electrons. The van der Waals surface area contributed by atoms with Crippen molar-refractivity contribution in [2.24, 2.45) is 5.73 Å². The van der Waals surface area contributed by atoms with E-state index in [0.717, 1.165) is 10.9 Å². The summed E-state index contributed by atoms with van der Waals surface area (Å²) in [5.74, 6) is -0.499. The number of fused-ring (bicyclic) bond motifs is 1. The van der Waals surface area contributed by atoms with E-state index in [1.165, 1.54) is 6.07 Å². The molecule has 5 heteroatoms. The maximum absolute atomic E-state index is 10.5. The molecule has 0 aliphatic rings. The van der Waals surface area contributed by atoms with Gasteiger partial charge in [0.05, 0.1) is 17.3 Å². The number of nitrogens with two attached hydrogens (primary N) is 1. The lowest BCUT2D eigenvalue weighted by atomic mass is 9.90. The SMILES string of the molecule is CC(C)c1c(O)c(O)cc(-n2ccc3ccccc32)c1[C@@H](O)CN. The lowest BCUT2D eigenvalue weighted by Gasteiger charge is -2.23. The van der Waals surface area contributed by atoms with Gasteiger partial charge >= 0.3 is 0 Å². The van der Waals surface area contributed by atoms with Crippen LogP contribution >= 0.6 is 0 Å². The minimum atomic E-state index is -0.940. The second kappa shape index (κ2) is 6.19. The Kier molecular flexibility index (Phi) is 4.22. The average molecular weight is 326 g/mol. The molecule has 3 aromatic rings. The van der Waals surface area contributed by atoms with Crippen LogP contribution in [0.3, 0.4) is 0 Å². The zero-order valence-electron chi connectivity index (χ0n) is 13.8. The number of aliphatic hydroxyl groups is 1. The summed E-state index contributed by atoms with van der Waals surface area (Å²) in [5, 5.41) is 32.1. The van der Waals surface area contributed by atoms with Crippen molar-refractivity contribution in [3.63, 3.8) is 0 Å². The number of phenols is 2. The average Bonchev–Trinajstić information content (AvgIpc) is 2.99. The highest BCUT2D eigenvalue weighted by atomic mass is 16.3. The summed E-state index contributed by atoms with van der Waals surface area (Å²) in [7, 11) is 0. The third-order valence-electron chi connectivity index (χ3n) is 4.33. The maximum atomic E-state index is 10.5. The molecule has 126 valence electrons. The third-order valence-corrected chi connectivity index (χ3v) is 4.33. The highest BCUT2D eigenvalue weighted by Crippen LogP contribution is 2.43. The van der Waals surface area contributed by atoms with E-state index in [-0.39, 0.29) is 24.0 Å². The molecule has 5 N–H and O–H groups in total. The first-order valence-electron chi connectivity index (χ1n) is 7.99. The van der Waals surface area contributed by atoms with E-state index in [9.17, 15) is 15.3 Å². The lowest BCUT2D eigenvalue weighted by molar-refractivity contribution is 0.184. The van der Waals surface area contributed by atoms with Gasteiger partial charge in [-0.2, -0.15) is 0 Å². The van der Waals surface area contributed by atoms with Crippen LogP contribution in [0.15, 0.2) is 42.6 Å². The minimum Gasteiger partial charge on any atom is -0.504 e. The Bertz CT molecular complexity index is 884. The van der Waals surface area contributed by atoms with Crippen LogP contribution in [0.4, 0.5) is 0 Å². The molecule has 0 saturated heterocycles. The van der Waals surface area contributed by atoms with Crippen LogP contribution in [0, 0.1) is 0 Å². The number of hydrogen-bond acceptors (Lipinski definition) is 4. The number of nitrogens with zero attached hydrogens (tertiary/aromatic N) is 1. The molecule has 24 heavy (non-hydrogen) atoms. The van der Waals surface area contributed by atoms with E-state index >= 15 is 0 Å². The molecule has 2 aromatic carbocycles. The molecule has 0 saturated carbocycles. The van der Waals surface area contributed by atoms with Crippen molar-refractivity contribution >= 4 is 10.9 Å². The molecular formula is C19H22N2O3. The van der Waals surface area contributed by atoms with Crippen LogP contribution in [-0.4, -0.2) is 26.4 Å². The normalized spacial score (nSPS) is 12.9. The summed E-state index contributed by atoms with van der Waals surface area (Å²) in [6, 6.07) is 11.3. The van der Waals surface area contributed by atoms with Gasteiger partial charge in [0.2, 0.25) is 0 Å². The predicted molar refractivity (Wildman–Crippen MR) is 94.7 cm³/mol. The zero-order chi connectivity index (χ0) is 17.4. The van der Waals surface area contributed by atoms with Crippen LogP contribution in [0.5, 0.6) is 11.5 Å².